The maximum atomic E-state index is 13.6. The van der Waals surface area contributed by atoms with Crippen molar-refractivity contribution < 1.29 is 8.91 Å². The third kappa shape index (κ3) is 2.81. The highest BCUT2D eigenvalue weighted by molar-refractivity contribution is 5.43. The van der Waals surface area contributed by atoms with E-state index in [1.807, 2.05) is 13.8 Å². The third-order valence-corrected chi connectivity index (χ3v) is 3.01. The summed E-state index contributed by atoms with van der Waals surface area (Å²) >= 11 is 0. The van der Waals surface area contributed by atoms with Crippen LogP contribution in [-0.4, -0.2) is 25.1 Å². The zero-order valence-electron chi connectivity index (χ0n) is 11.7. The average molecular weight is 287 g/mol. The van der Waals surface area contributed by atoms with E-state index in [1.54, 1.807) is 24.4 Å². The van der Waals surface area contributed by atoms with Crippen LogP contribution >= 0.6 is 0 Å². The van der Waals surface area contributed by atoms with Crippen LogP contribution in [-0.2, 0) is 6.54 Å². The summed E-state index contributed by atoms with van der Waals surface area (Å²) in [6, 6.07) is 6.56. The Labute approximate surface area is 120 Å². The lowest BCUT2D eigenvalue weighted by atomic mass is 10.2. The predicted octanol–water partition coefficient (Wildman–Crippen LogP) is 2.64. The topological polar surface area (TPSA) is 69.6 Å². The molecule has 0 unspecified atom stereocenters. The molecule has 0 saturated carbocycles. The molecular weight excluding hydrogens is 273 g/mol. The highest BCUT2D eigenvalue weighted by atomic mass is 19.1. The van der Waals surface area contributed by atoms with Crippen LogP contribution in [0.5, 0.6) is 0 Å². The Balaban J connectivity index is 1.81. The molecule has 7 heteroatoms. The van der Waals surface area contributed by atoms with Crippen molar-refractivity contribution in [3.05, 3.63) is 47.7 Å². The SMILES string of the molecule is CC(C)c1noc(-c2cn(Cc3ccccc3F)nn2)n1. The summed E-state index contributed by atoms with van der Waals surface area (Å²) < 4.78 is 20.3. The fourth-order valence-electron chi connectivity index (χ4n) is 1.85. The van der Waals surface area contributed by atoms with Gasteiger partial charge < -0.3 is 4.52 Å². The molecule has 2 aromatic heterocycles. The molecule has 0 amide bonds. The van der Waals surface area contributed by atoms with Crippen molar-refractivity contribution in [3.8, 4) is 11.6 Å². The number of hydrogen-bond donors (Lipinski definition) is 0. The van der Waals surface area contributed by atoms with Crippen LogP contribution in [0.4, 0.5) is 4.39 Å². The number of halogens is 1. The van der Waals surface area contributed by atoms with Crippen LogP contribution in [0.25, 0.3) is 11.6 Å². The van der Waals surface area contributed by atoms with Crippen molar-refractivity contribution in [1.82, 2.24) is 25.1 Å². The van der Waals surface area contributed by atoms with Gasteiger partial charge in [0.05, 0.1) is 12.7 Å². The van der Waals surface area contributed by atoms with Gasteiger partial charge in [0.25, 0.3) is 5.89 Å². The molecule has 3 aromatic rings. The Kier molecular flexibility index (Phi) is 3.47. The van der Waals surface area contributed by atoms with E-state index in [-0.39, 0.29) is 11.7 Å². The molecule has 0 saturated heterocycles. The van der Waals surface area contributed by atoms with E-state index in [0.717, 1.165) is 0 Å². The van der Waals surface area contributed by atoms with Gasteiger partial charge in [0.2, 0.25) is 0 Å². The number of hydrogen-bond acceptors (Lipinski definition) is 5. The zero-order valence-corrected chi connectivity index (χ0v) is 11.7. The first kappa shape index (κ1) is 13.4. The van der Waals surface area contributed by atoms with Gasteiger partial charge in [-0.15, -0.1) is 5.10 Å². The van der Waals surface area contributed by atoms with Crippen molar-refractivity contribution >= 4 is 0 Å². The molecule has 0 aliphatic carbocycles. The second-order valence-corrected chi connectivity index (χ2v) is 5.01. The van der Waals surface area contributed by atoms with Gasteiger partial charge in [-0.3, -0.25) is 0 Å². The monoisotopic (exact) mass is 287 g/mol. The van der Waals surface area contributed by atoms with Gasteiger partial charge in [-0.05, 0) is 6.07 Å². The molecule has 0 fully saturated rings. The predicted molar refractivity (Wildman–Crippen MR) is 72.9 cm³/mol. The van der Waals surface area contributed by atoms with E-state index in [9.17, 15) is 4.39 Å². The first-order valence-electron chi connectivity index (χ1n) is 6.61. The fraction of sp³-hybridized carbons (Fsp3) is 0.286. The standard InChI is InChI=1S/C14H14FN5O/c1-9(2)13-16-14(21-18-13)12-8-20(19-17-12)7-10-5-3-4-6-11(10)15/h3-6,8-9H,7H2,1-2H3. The molecule has 21 heavy (non-hydrogen) atoms. The van der Waals surface area contributed by atoms with E-state index >= 15 is 0 Å². The van der Waals surface area contributed by atoms with Gasteiger partial charge in [0, 0.05) is 11.5 Å². The molecule has 0 radical (unpaired) electrons. The van der Waals surface area contributed by atoms with E-state index < -0.39 is 0 Å². The summed E-state index contributed by atoms with van der Waals surface area (Å²) in [4.78, 5) is 4.25. The molecular formula is C14H14FN5O. The van der Waals surface area contributed by atoms with Gasteiger partial charge in [-0.2, -0.15) is 4.98 Å². The lowest BCUT2D eigenvalue weighted by molar-refractivity contribution is 0.418. The molecule has 0 bridgehead atoms. The average Bonchev–Trinajstić information content (AvgIpc) is 3.10. The molecule has 0 spiro atoms. The highest BCUT2D eigenvalue weighted by Crippen LogP contribution is 2.18. The van der Waals surface area contributed by atoms with Crippen LogP contribution in [0.3, 0.4) is 0 Å². The number of rotatable bonds is 4. The zero-order chi connectivity index (χ0) is 14.8. The molecule has 6 nitrogen and oxygen atoms in total. The molecule has 0 aliphatic heterocycles. The second-order valence-electron chi connectivity index (χ2n) is 5.01. The fourth-order valence-corrected chi connectivity index (χ4v) is 1.85. The van der Waals surface area contributed by atoms with Crippen molar-refractivity contribution in [2.75, 3.05) is 0 Å². The smallest absolute Gasteiger partial charge is 0.280 e. The van der Waals surface area contributed by atoms with E-state index in [0.29, 0.717) is 29.5 Å². The maximum Gasteiger partial charge on any atom is 0.280 e. The minimum absolute atomic E-state index is 0.177. The summed E-state index contributed by atoms with van der Waals surface area (Å²) in [6.07, 6.45) is 1.66. The van der Waals surface area contributed by atoms with Gasteiger partial charge in [-0.25, -0.2) is 9.07 Å². The van der Waals surface area contributed by atoms with Crippen molar-refractivity contribution in [1.29, 1.82) is 0 Å². The van der Waals surface area contributed by atoms with Crippen LogP contribution in [0.2, 0.25) is 0 Å². The van der Waals surface area contributed by atoms with Gasteiger partial charge in [0.15, 0.2) is 11.5 Å². The normalized spacial score (nSPS) is 11.2. The summed E-state index contributed by atoms with van der Waals surface area (Å²) in [5.41, 5.74) is 1.02. The van der Waals surface area contributed by atoms with Crippen LogP contribution in [0.15, 0.2) is 35.0 Å². The van der Waals surface area contributed by atoms with E-state index in [4.69, 9.17) is 4.52 Å². The highest BCUT2D eigenvalue weighted by Gasteiger charge is 2.15. The van der Waals surface area contributed by atoms with Crippen LogP contribution in [0, 0.1) is 5.82 Å². The lowest BCUT2D eigenvalue weighted by Crippen LogP contribution is -2.02. The molecule has 0 atom stereocenters. The number of nitrogens with zero attached hydrogens (tertiary/aromatic N) is 5. The minimum Gasteiger partial charge on any atom is -0.332 e. The molecule has 0 N–H and O–H groups in total. The number of benzene rings is 1. The van der Waals surface area contributed by atoms with Crippen molar-refractivity contribution in [2.45, 2.75) is 26.3 Å². The van der Waals surface area contributed by atoms with E-state index in [2.05, 4.69) is 20.5 Å². The molecule has 1 aromatic carbocycles. The maximum absolute atomic E-state index is 13.6. The first-order valence-corrected chi connectivity index (χ1v) is 6.61. The minimum atomic E-state index is -0.269. The van der Waals surface area contributed by atoms with Crippen LogP contribution < -0.4 is 0 Å². The summed E-state index contributed by atoms with van der Waals surface area (Å²) in [5, 5.41) is 11.8. The second kappa shape index (κ2) is 5.43. The summed E-state index contributed by atoms with van der Waals surface area (Å²) in [5.74, 6) is 0.845. The molecule has 3 rings (SSSR count). The Hall–Kier alpha value is -2.57. The molecule has 2 heterocycles. The third-order valence-electron chi connectivity index (χ3n) is 3.01. The van der Waals surface area contributed by atoms with E-state index in [1.165, 1.54) is 10.7 Å². The Bertz CT molecular complexity index is 749. The summed E-state index contributed by atoms with van der Waals surface area (Å²) in [6.45, 7) is 4.25. The summed E-state index contributed by atoms with van der Waals surface area (Å²) in [7, 11) is 0. The Morgan fingerprint density at radius 2 is 2.10 bits per heavy atom. The van der Waals surface area contributed by atoms with Crippen molar-refractivity contribution in [3.63, 3.8) is 0 Å². The molecule has 0 aliphatic rings. The Morgan fingerprint density at radius 1 is 1.29 bits per heavy atom. The van der Waals surface area contributed by atoms with Gasteiger partial charge in [-0.1, -0.05) is 42.4 Å². The largest absolute Gasteiger partial charge is 0.332 e. The quantitative estimate of drug-likeness (QED) is 0.737. The first-order chi connectivity index (χ1) is 10.1. The Morgan fingerprint density at radius 3 is 2.81 bits per heavy atom. The van der Waals surface area contributed by atoms with Gasteiger partial charge in [0.1, 0.15) is 5.82 Å². The lowest BCUT2D eigenvalue weighted by Gasteiger charge is -2.01. The van der Waals surface area contributed by atoms with Crippen LogP contribution in [0.1, 0.15) is 31.2 Å². The number of aromatic nitrogens is 5. The van der Waals surface area contributed by atoms with Gasteiger partial charge >= 0.3 is 0 Å². The molecule has 108 valence electrons. The van der Waals surface area contributed by atoms with Crippen molar-refractivity contribution in [2.24, 2.45) is 0 Å².